The van der Waals surface area contributed by atoms with E-state index in [4.69, 9.17) is 5.11 Å². The van der Waals surface area contributed by atoms with Gasteiger partial charge in [0.25, 0.3) is 0 Å². The highest BCUT2D eigenvalue weighted by Crippen LogP contribution is 2.15. The van der Waals surface area contributed by atoms with E-state index in [1.165, 1.54) is 121 Å². The smallest absolute Gasteiger partial charge is 0.303 e. The van der Waals surface area contributed by atoms with Crippen LogP contribution in [0, 0.1) is 0 Å². The maximum Gasteiger partial charge on any atom is 0.303 e. The molecular weight excluding hydrogens is 388 g/mol. The number of carboxylic acids is 1. The molecule has 0 rings (SSSR count). The summed E-state index contributed by atoms with van der Waals surface area (Å²) in [5.41, 5.74) is 0. The highest BCUT2D eigenvalue weighted by Gasteiger charge is 1.97. The SMILES string of the molecule is O=C(O)CCCCCCCCCCCCCCCCCCCCCCBr. The fourth-order valence-corrected chi connectivity index (χ4v) is 3.95. The van der Waals surface area contributed by atoms with Crippen molar-refractivity contribution >= 4 is 21.9 Å². The van der Waals surface area contributed by atoms with Gasteiger partial charge in [-0.1, -0.05) is 132 Å². The van der Waals surface area contributed by atoms with Crippen molar-refractivity contribution in [2.24, 2.45) is 0 Å². The Balaban J connectivity index is 2.98. The molecule has 0 unspecified atom stereocenters. The van der Waals surface area contributed by atoms with Gasteiger partial charge in [-0.15, -0.1) is 0 Å². The Hall–Kier alpha value is -0.0500. The van der Waals surface area contributed by atoms with E-state index in [0.717, 1.165) is 12.8 Å². The van der Waals surface area contributed by atoms with Crippen molar-refractivity contribution in [1.82, 2.24) is 0 Å². The van der Waals surface area contributed by atoms with Crippen molar-refractivity contribution < 1.29 is 9.90 Å². The molecule has 0 bridgehead atoms. The first-order chi connectivity index (χ1) is 12.8. The van der Waals surface area contributed by atoms with E-state index in [1.807, 2.05) is 0 Å². The second-order valence-electron chi connectivity index (χ2n) is 7.90. The third-order valence-corrected chi connectivity index (χ3v) is 5.84. The summed E-state index contributed by atoms with van der Waals surface area (Å²) < 4.78 is 0. The lowest BCUT2D eigenvalue weighted by atomic mass is 10.0. The second-order valence-corrected chi connectivity index (χ2v) is 8.70. The third kappa shape index (κ3) is 23.9. The van der Waals surface area contributed by atoms with E-state index in [0.29, 0.717) is 6.42 Å². The van der Waals surface area contributed by atoms with Gasteiger partial charge in [-0.3, -0.25) is 4.79 Å². The summed E-state index contributed by atoms with van der Waals surface area (Å²) in [6.45, 7) is 0. The largest absolute Gasteiger partial charge is 0.481 e. The molecule has 0 aliphatic heterocycles. The number of hydrogen-bond donors (Lipinski definition) is 1. The normalized spacial score (nSPS) is 11.1. The van der Waals surface area contributed by atoms with Crippen molar-refractivity contribution in [3.8, 4) is 0 Å². The highest BCUT2D eigenvalue weighted by atomic mass is 79.9. The minimum absolute atomic E-state index is 0.345. The van der Waals surface area contributed by atoms with E-state index < -0.39 is 5.97 Å². The van der Waals surface area contributed by atoms with E-state index in [1.54, 1.807) is 0 Å². The third-order valence-electron chi connectivity index (χ3n) is 5.27. The molecule has 1 N–H and O–H groups in total. The number of unbranched alkanes of at least 4 members (excludes halogenated alkanes) is 19. The van der Waals surface area contributed by atoms with Crippen molar-refractivity contribution in [2.75, 3.05) is 5.33 Å². The first-order valence-electron chi connectivity index (χ1n) is 11.5. The van der Waals surface area contributed by atoms with Gasteiger partial charge in [0, 0.05) is 11.8 Å². The van der Waals surface area contributed by atoms with Gasteiger partial charge in [-0.2, -0.15) is 0 Å². The van der Waals surface area contributed by atoms with Gasteiger partial charge >= 0.3 is 5.97 Å². The second kappa shape index (κ2) is 23.0. The Labute approximate surface area is 172 Å². The summed E-state index contributed by atoms with van der Waals surface area (Å²) in [7, 11) is 0. The average Bonchev–Trinajstić information content (AvgIpc) is 2.62. The van der Waals surface area contributed by atoms with Crippen LogP contribution < -0.4 is 0 Å². The molecule has 26 heavy (non-hydrogen) atoms. The predicted molar refractivity (Wildman–Crippen MR) is 118 cm³/mol. The van der Waals surface area contributed by atoms with Crippen molar-refractivity contribution in [3.63, 3.8) is 0 Å². The minimum atomic E-state index is -0.651. The molecule has 156 valence electrons. The molecule has 0 spiro atoms. The molecule has 0 fully saturated rings. The van der Waals surface area contributed by atoms with Gasteiger partial charge in [0.1, 0.15) is 0 Å². The summed E-state index contributed by atoms with van der Waals surface area (Å²) in [4.78, 5) is 10.4. The number of hydrogen-bond acceptors (Lipinski definition) is 1. The van der Waals surface area contributed by atoms with Gasteiger partial charge in [-0.25, -0.2) is 0 Å². The van der Waals surface area contributed by atoms with Crippen LogP contribution in [0.2, 0.25) is 0 Å². The molecule has 0 saturated carbocycles. The molecule has 0 atom stereocenters. The summed E-state index contributed by atoms with van der Waals surface area (Å²) in [5, 5.41) is 9.74. The summed E-state index contributed by atoms with van der Waals surface area (Å²) >= 11 is 3.49. The Morgan fingerprint density at radius 3 is 0.923 bits per heavy atom. The van der Waals surface area contributed by atoms with Gasteiger partial charge < -0.3 is 5.11 Å². The highest BCUT2D eigenvalue weighted by molar-refractivity contribution is 9.09. The van der Waals surface area contributed by atoms with Gasteiger partial charge in [-0.05, 0) is 12.8 Å². The lowest BCUT2D eigenvalue weighted by molar-refractivity contribution is -0.137. The zero-order chi connectivity index (χ0) is 19.1. The van der Waals surface area contributed by atoms with Crippen LogP contribution in [-0.4, -0.2) is 16.4 Å². The van der Waals surface area contributed by atoms with Crippen molar-refractivity contribution in [2.45, 2.75) is 135 Å². The summed E-state index contributed by atoms with van der Waals surface area (Å²) in [5.74, 6) is -0.651. The molecule has 0 aliphatic carbocycles. The van der Waals surface area contributed by atoms with Crippen LogP contribution >= 0.6 is 15.9 Å². The number of aliphatic carboxylic acids is 1. The zero-order valence-corrected chi connectivity index (χ0v) is 18.9. The summed E-state index contributed by atoms with van der Waals surface area (Å²) in [6, 6.07) is 0. The Kier molecular flexibility index (Phi) is 22.9. The average molecular weight is 434 g/mol. The monoisotopic (exact) mass is 432 g/mol. The number of halogens is 1. The fourth-order valence-electron chi connectivity index (χ4n) is 3.55. The van der Waals surface area contributed by atoms with Crippen LogP contribution in [0.4, 0.5) is 0 Å². The minimum Gasteiger partial charge on any atom is -0.481 e. The first-order valence-corrected chi connectivity index (χ1v) is 12.7. The maximum atomic E-state index is 10.4. The van der Waals surface area contributed by atoms with Crippen molar-refractivity contribution in [3.05, 3.63) is 0 Å². The van der Waals surface area contributed by atoms with Crippen LogP contribution in [0.1, 0.15) is 135 Å². The number of rotatable bonds is 22. The standard InChI is InChI=1S/C23H45BrO2/c24-22-20-18-16-14-12-10-8-6-4-2-1-3-5-7-9-11-13-15-17-19-21-23(25)26/h1-22H2,(H,25,26). The van der Waals surface area contributed by atoms with Crippen molar-refractivity contribution in [1.29, 1.82) is 0 Å². The molecule has 0 aromatic rings. The molecule has 0 heterocycles. The fraction of sp³-hybridized carbons (Fsp3) is 0.957. The lowest BCUT2D eigenvalue weighted by Gasteiger charge is -2.04. The molecule has 0 amide bonds. The van der Waals surface area contributed by atoms with Crippen LogP contribution in [0.5, 0.6) is 0 Å². The maximum absolute atomic E-state index is 10.4. The molecule has 0 aromatic carbocycles. The van der Waals surface area contributed by atoms with Crippen LogP contribution in [-0.2, 0) is 4.79 Å². The Morgan fingerprint density at radius 1 is 0.462 bits per heavy atom. The molecular formula is C23H45BrO2. The van der Waals surface area contributed by atoms with Crippen LogP contribution in [0.3, 0.4) is 0 Å². The van der Waals surface area contributed by atoms with E-state index in [2.05, 4.69) is 15.9 Å². The van der Waals surface area contributed by atoms with E-state index >= 15 is 0 Å². The molecule has 0 aliphatic rings. The zero-order valence-electron chi connectivity index (χ0n) is 17.3. The predicted octanol–water partition coefficient (Wildman–Crippen LogP) is 8.66. The Morgan fingerprint density at radius 2 is 0.692 bits per heavy atom. The lowest BCUT2D eigenvalue weighted by Crippen LogP contribution is -1.93. The number of carbonyl (C=O) groups is 1. The van der Waals surface area contributed by atoms with E-state index in [9.17, 15) is 4.79 Å². The molecule has 0 aromatic heterocycles. The van der Waals surface area contributed by atoms with Gasteiger partial charge in [0.2, 0.25) is 0 Å². The Bertz CT molecular complexity index is 281. The number of carboxylic acid groups (broad SMARTS) is 1. The summed E-state index contributed by atoms with van der Waals surface area (Å²) in [6.07, 6.45) is 27.4. The molecule has 0 saturated heterocycles. The van der Waals surface area contributed by atoms with Gasteiger partial charge in [0.15, 0.2) is 0 Å². The van der Waals surface area contributed by atoms with Crippen LogP contribution in [0.15, 0.2) is 0 Å². The molecule has 0 radical (unpaired) electrons. The van der Waals surface area contributed by atoms with E-state index in [-0.39, 0.29) is 0 Å². The quantitative estimate of drug-likeness (QED) is 0.137. The molecule has 3 heteroatoms. The first kappa shape index (κ1) is 26.0. The van der Waals surface area contributed by atoms with Gasteiger partial charge in [0.05, 0.1) is 0 Å². The molecule has 2 nitrogen and oxygen atoms in total. The van der Waals surface area contributed by atoms with Crippen LogP contribution in [0.25, 0.3) is 0 Å². The topological polar surface area (TPSA) is 37.3 Å². The number of alkyl halides is 1.